The summed E-state index contributed by atoms with van der Waals surface area (Å²) in [6.07, 6.45) is 0. The highest BCUT2D eigenvalue weighted by atomic mass is 16.4. The Labute approximate surface area is 113 Å². The highest BCUT2D eigenvalue weighted by Crippen LogP contribution is 2.27. The third-order valence-corrected chi connectivity index (χ3v) is 3.54. The second-order valence-corrected chi connectivity index (χ2v) is 5.19. The molecule has 3 nitrogen and oxygen atoms in total. The summed E-state index contributed by atoms with van der Waals surface area (Å²) in [5.41, 5.74) is 1.33. The first-order valence-electron chi connectivity index (χ1n) is 6.52. The van der Waals surface area contributed by atoms with Gasteiger partial charge in [-0.3, -0.25) is 0 Å². The van der Waals surface area contributed by atoms with Crippen molar-refractivity contribution in [2.45, 2.75) is 26.8 Å². The molecule has 3 heteroatoms. The maximum atomic E-state index is 11.2. The Kier molecular flexibility index (Phi) is 3.74. The number of hydrogen-bond acceptors (Lipinski definition) is 2. The SMILES string of the molecule is CC(C)C(C)Nc1ccc(C(=O)O)c2ccccc12. The minimum Gasteiger partial charge on any atom is -0.478 e. The van der Waals surface area contributed by atoms with Crippen LogP contribution < -0.4 is 5.32 Å². The van der Waals surface area contributed by atoms with E-state index in [0.717, 1.165) is 16.5 Å². The molecule has 0 bridgehead atoms. The quantitative estimate of drug-likeness (QED) is 0.870. The Morgan fingerprint density at radius 3 is 2.26 bits per heavy atom. The third kappa shape index (κ3) is 2.70. The van der Waals surface area contributed by atoms with Gasteiger partial charge in [-0.05, 0) is 30.4 Å². The number of rotatable bonds is 4. The van der Waals surface area contributed by atoms with E-state index in [2.05, 4.69) is 26.1 Å². The largest absolute Gasteiger partial charge is 0.478 e. The lowest BCUT2D eigenvalue weighted by atomic mass is 10.0. The average Bonchev–Trinajstić information content (AvgIpc) is 2.38. The maximum Gasteiger partial charge on any atom is 0.336 e. The Hall–Kier alpha value is -2.03. The summed E-state index contributed by atoms with van der Waals surface area (Å²) < 4.78 is 0. The van der Waals surface area contributed by atoms with Crippen molar-refractivity contribution in [2.24, 2.45) is 5.92 Å². The number of carboxylic acids is 1. The molecule has 2 aromatic carbocycles. The molecule has 0 radical (unpaired) electrons. The molecule has 0 saturated heterocycles. The fourth-order valence-corrected chi connectivity index (χ4v) is 2.02. The van der Waals surface area contributed by atoms with Gasteiger partial charge in [0, 0.05) is 17.1 Å². The number of anilines is 1. The summed E-state index contributed by atoms with van der Waals surface area (Å²) in [5.74, 6) is -0.377. The molecule has 0 aliphatic heterocycles. The zero-order chi connectivity index (χ0) is 14.0. The van der Waals surface area contributed by atoms with E-state index in [1.807, 2.05) is 30.3 Å². The number of nitrogens with one attached hydrogen (secondary N) is 1. The molecule has 100 valence electrons. The van der Waals surface area contributed by atoms with E-state index < -0.39 is 5.97 Å². The minimum atomic E-state index is -0.889. The van der Waals surface area contributed by atoms with Gasteiger partial charge < -0.3 is 10.4 Å². The van der Waals surface area contributed by atoms with Crippen LogP contribution in [0.3, 0.4) is 0 Å². The molecule has 0 saturated carbocycles. The number of fused-ring (bicyclic) bond motifs is 1. The van der Waals surface area contributed by atoms with Gasteiger partial charge in [0.15, 0.2) is 0 Å². The first-order valence-corrected chi connectivity index (χ1v) is 6.52. The predicted molar refractivity (Wildman–Crippen MR) is 78.8 cm³/mol. The Balaban J connectivity index is 2.53. The molecular formula is C16H19NO2. The van der Waals surface area contributed by atoms with Crippen molar-refractivity contribution in [3.05, 3.63) is 42.0 Å². The standard InChI is InChI=1S/C16H19NO2/c1-10(2)11(3)17-15-9-8-14(16(18)19)12-6-4-5-7-13(12)15/h4-11,17H,1-3H3,(H,18,19). The Morgan fingerprint density at radius 2 is 1.68 bits per heavy atom. The third-order valence-electron chi connectivity index (χ3n) is 3.54. The molecule has 19 heavy (non-hydrogen) atoms. The van der Waals surface area contributed by atoms with Gasteiger partial charge in [0.1, 0.15) is 0 Å². The van der Waals surface area contributed by atoms with E-state index in [-0.39, 0.29) is 0 Å². The Bertz CT molecular complexity index is 605. The van der Waals surface area contributed by atoms with Crippen LogP contribution in [-0.4, -0.2) is 17.1 Å². The van der Waals surface area contributed by atoms with E-state index in [0.29, 0.717) is 17.5 Å². The fraction of sp³-hybridized carbons (Fsp3) is 0.312. The molecule has 0 aliphatic rings. The van der Waals surface area contributed by atoms with Crippen molar-refractivity contribution in [3.63, 3.8) is 0 Å². The normalized spacial score (nSPS) is 12.6. The second-order valence-electron chi connectivity index (χ2n) is 5.19. The second kappa shape index (κ2) is 5.31. The topological polar surface area (TPSA) is 49.3 Å². The van der Waals surface area contributed by atoms with E-state index in [9.17, 15) is 9.90 Å². The summed E-state index contributed by atoms with van der Waals surface area (Å²) in [7, 11) is 0. The highest BCUT2D eigenvalue weighted by Gasteiger charge is 2.13. The Morgan fingerprint density at radius 1 is 1.05 bits per heavy atom. The van der Waals surface area contributed by atoms with E-state index in [1.165, 1.54) is 0 Å². The van der Waals surface area contributed by atoms with Gasteiger partial charge in [-0.2, -0.15) is 0 Å². The molecule has 0 amide bonds. The van der Waals surface area contributed by atoms with Gasteiger partial charge in [0.05, 0.1) is 5.56 Å². The van der Waals surface area contributed by atoms with Crippen LogP contribution in [0.5, 0.6) is 0 Å². The lowest BCUT2D eigenvalue weighted by Gasteiger charge is -2.20. The maximum absolute atomic E-state index is 11.2. The summed E-state index contributed by atoms with van der Waals surface area (Å²) in [6.45, 7) is 6.45. The molecule has 0 aliphatic carbocycles. The summed E-state index contributed by atoms with van der Waals surface area (Å²) in [4.78, 5) is 11.2. The number of hydrogen-bond donors (Lipinski definition) is 2. The predicted octanol–water partition coefficient (Wildman–Crippen LogP) is 3.99. The molecule has 2 rings (SSSR count). The first kappa shape index (κ1) is 13.4. The van der Waals surface area contributed by atoms with Crippen LogP contribution in [0.2, 0.25) is 0 Å². The summed E-state index contributed by atoms with van der Waals surface area (Å²) >= 11 is 0. The molecule has 2 aromatic rings. The van der Waals surface area contributed by atoms with Gasteiger partial charge in [-0.1, -0.05) is 38.1 Å². The van der Waals surface area contributed by atoms with Gasteiger partial charge in [-0.25, -0.2) is 4.79 Å². The molecular weight excluding hydrogens is 238 g/mol. The van der Waals surface area contributed by atoms with Crippen LogP contribution in [0.25, 0.3) is 10.8 Å². The van der Waals surface area contributed by atoms with Crippen LogP contribution in [0.1, 0.15) is 31.1 Å². The van der Waals surface area contributed by atoms with Crippen LogP contribution in [0.4, 0.5) is 5.69 Å². The van der Waals surface area contributed by atoms with Crippen molar-refractivity contribution in [3.8, 4) is 0 Å². The molecule has 0 aromatic heterocycles. The van der Waals surface area contributed by atoms with E-state index >= 15 is 0 Å². The van der Waals surface area contributed by atoms with Crippen LogP contribution >= 0.6 is 0 Å². The monoisotopic (exact) mass is 257 g/mol. The van der Waals surface area contributed by atoms with Gasteiger partial charge in [0.2, 0.25) is 0 Å². The zero-order valence-electron chi connectivity index (χ0n) is 11.5. The van der Waals surface area contributed by atoms with Crippen molar-refractivity contribution >= 4 is 22.4 Å². The van der Waals surface area contributed by atoms with Gasteiger partial charge in [0.25, 0.3) is 0 Å². The van der Waals surface area contributed by atoms with Crippen LogP contribution in [-0.2, 0) is 0 Å². The van der Waals surface area contributed by atoms with Crippen molar-refractivity contribution < 1.29 is 9.90 Å². The van der Waals surface area contributed by atoms with Crippen molar-refractivity contribution in [2.75, 3.05) is 5.32 Å². The highest BCUT2D eigenvalue weighted by molar-refractivity contribution is 6.07. The van der Waals surface area contributed by atoms with Crippen molar-refractivity contribution in [1.82, 2.24) is 0 Å². The molecule has 0 spiro atoms. The lowest BCUT2D eigenvalue weighted by Crippen LogP contribution is -2.21. The first-order chi connectivity index (χ1) is 9.00. The summed E-state index contributed by atoms with van der Waals surface area (Å²) in [6, 6.07) is 11.5. The van der Waals surface area contributed by atoms with Crippen molar-refractivity contribution in [1.29, 1.82) is 0 Å². The molecule has 2 N–H and O–H groups in total. The van der Waals surface area contributed by atoms with E-state index in [1.54, 1.807) is 6.07 Å². The number of carboxylic acid groups (broad SMARTS) is 1. The van der Waals surface area contributed by atoms with E-state index in [4.69, 9.17) is 0 Å². The zero-order valence-corrected chi connectivity index (χ0v) is 11.5. The van der Waals surface area contributed by atoms with Crippen LogP contribution in [0, 0.1) is 5.92 Å². The molecule has 1 unspecified atom stereocenters. The fourth-order valence-electron chi connectivity index (χ4n) is 2.02. The molecule has 0 fully saturated rings. The lowest BCUT2D eigenvalue weighted by molar-refractivity contribution is 0.0699. The summed E-state index contributed by atoms with van der Waals surface area (Å²) in [5, 5.41) is 14.4. The molecule has 0 heterocycles. The smallest absolute Gasteiger partial charge is 0.336 e. The number of benzene rings is 2. The number of aromatic carboxylic acids is 1. The van der Waals surface area contributed by atoms with Gasteiger partial charge >= 0.3 is 5.97 Å². The van der Waals surface area contributed by atoms with Crippen LogP contribution in [0.15, 0.2) is 36.4 Å². The number of carbonyl (C=O) groups is 1. The van der Waals surface area contributed by atoms with Gasteiger partial charge in [-0.15, -0.1) is 0 Å². The minimum absolute atomic E-state index is 0.332. The molecule has 1 atom stereocenters. The average molecular weight is 257 g/mol.